The number of methoxy groups -OCH3 is 1. The SMILES string of the molecule is COC(=O)C1CCCC1S(=O)(=O)NCCCC(C)CO. The Morgan fingerprint density at radius 1 is 1.45 bits per heavy atom. The first-order chi connectivity index (χ1) is 9.42. The molecular formula is C13H25NO5S. The quantitative estimate of drug-likeness (QED) is 0.507. The van der Waals surface area contributed by atoms with E-state index in [1.54, 1.807) is 0 Å². The van der Waals surface area contributed by atoms with Crippen molar-refractivity contribution in [1.82, 2.24) is 4.72 Å². The van der Waals surface area contributed by atoms with Crippen LogP contribution in [0.2, 0.25) is 0 Å². The van der Waals surface area contributed by atoms with Crippen molar-refractivity contribution in [3.63, 3.8) is 0 Å². The highest BCUT2D eigenvalue weighted by molar-refractivity contribution is 7.90. The number of carbonyl (C=O) groups excluding carboxylic acids is 1. The molecule has 0 heterocycles. The fourth-order valence-corrected chi connectivity index (χ4v) is 4.38. The summed E-state index contributed by atoms with van der Waals surface area (Å²) in [5.41, 5.74) is 0. The van der Waals surface area contributed by atoms with Gasteiger partial charge < -0.3 is 9.84 Å². The van der Waals surface area contributed by atoms with E-state index < -0.39 is 27.2 Å². The smallest absolute Gasteiger partial charge is 0.310 e. The van der Waals surface area contributed by atoms with Crippen LogP contribution >= 0.6 is 0 Å². The van der Waals surface area contributed by atoms with Gasteiger partial charge in [-0.25, -0.2) is 13.1 Å². The number of hydrogen-bond acceptors (Lipinski definition) is 5. The van der Waals surface area contributed by atoms with E-state index >= 15 is 0 Å². The van der Waals surface area contributed by atoms with Gasteiger partial charge in [-0.2, -0.15) is 0 Å². The molecule has 20 heavy (non-hydrogen) atoms. The van der Waals surface area contributed by atoms with E-state index in [1.165, 1.54) is 7.11 Å². The van der Waals surface area contributed by atoms with Crippen LogP contribution < -0.4 is 4.72 Å². The summed E-state index contributed by atoms with van der Waals surface area (Å²) in [4.78, 5) is 11.6. The summed E-state index contributed by atoms with van der Waals surface area (Å²) < 4.78 is 31.7. The van der Waals surface area contributed by atoms with E-state index in [0.717, 1.165) is 12.8 Å². The standard InChI is InChI=1S/C13H25NO5S/c1-10(9-15)5-4-8-14-20(17,18)12-7-3-6-11(12)13(16)19-2/h10-12,14-15H,3-9H2,1-2H3. The summed E-state index contributed by atoms with van der Waals surface area (Å²) in [5.74, 6) is -0.811. The lowest BCUT2D eigenvalue weighted by atomic mass is 10.1. The summed E-state index contributed by atoms with van der Waals surface area (Å²) in [6.45, 7) is 2.37. The van der Waals surface area contributed by atoms with Crippen LogP contribution in [0.1, 0.15) is 39.0 Å². The molecule has 0 bridgehead atoms. The highest BCUT2D eigenvalue weighted by atomic mass is 32.2. The molecule has 1 rings (SSSR count). The molecule has 118 valence electrons. The third kappa shape index (κ3) is 4.71. The van der Waals surface area contributed by atoms with Crippen molar-refractivity contribution in [2.24, 2.45) is 11.8 Å². The first-order valence-electron chi connectivity index (χ1n) is 7.09. The third-order valence-corrected chi connectivity index (χ3v) is 5.81. The van der Waals surface area contributed by atoms with Crippen molar-refractivity contribution in [3.05, 3.63) is 0 Å². The number of carbonyl (C=O) groups is 1. The maximum Gasteiger partial charge on any atom is 0.310 e. The molecule has 2 N–H and O–H groups in total. The van der Waals surface area contributed by atoms with Gasteiger partial charge in [0, 0.05) is 13.2 Å². The molecule has 0 aromatic rings. The molecule has 0 radical (unpaired) electrons. The summed E-state index contributed by atoms with van der Waals surface area (Å²) >= 11 is 0. The predicted octanol–water partition coefficient (Wildman–Crippen LogP) is 0.656. The average molecular weight is 307 g/mol. The van der Waals surface area contributed by atoms with Crippen LogP contribution in [0, 0.1) is 11.8 Å². The lowest BCUT2D eigenvalue weighted by Crippen LogP contribution is -2.39. The Morgan fingerprint density at radius 2 is 2.15 bits per heavy atom. The maximum absolute atomic E-state index is 12.2. The van der Waals surface area contributed by atoms with Crippen LogP contribution in [-0.4, -0.2) is 45.0 Å². The molecule has 0 aromatic heterocycles. The Kier molecular flexibility index (Phi) is 6.91. The van der Waals surface area contributed by atoms with Crippen LogP contribution in [0.4, 0.5) is 0 Å². The molecule has 1 fully saturated rings. The third-order valence-electron chi connectivity index (χ3n) is 3.84. The monoisotopic (exact) mass is 307 g/mol. The van der Waals surface area contributed by atoms with E-state index in [-0.39, 0.29) is 12.5 Å². The second-order valence-electron chi connectivity index (χ2n) is 5.47. The molecule has 0 spiro atoms. The Hall–Kier alpha value is -0.660. The van der Waals surface area contributed by atoms with Gasteiger partial charge in [-0.3, -0.25) is 4.79 Å². The van der Waals surface area contributed by atoms with Gasteiger partial charge in [0.15, 0.2) is 0 Å². The maximum atomic E-state index is 12.2. The zero-order chi connectivity index (χ0) is 15.2. The van der Waals surface area contributed by atoms with Gasteiger partial charge in [0.2, 0.25) is 10.0 Å². The number of ether oxygens (including phenoxy) is 1. The number of hydrogen-bond donors (Lipinski definition) is 2. The van der Waals surface area contributed by atoms with Crippen LogP contribution in [0.15, 0.2) is 0 Å². The van der Waals surface area contributed by atoms with Crippen molar-refractivity contribution < 1.29 is 23.1 Å². The van der Waals surface area contributed by atoms with Crippen LogP contribution in [0.3, 0.4) is 0 Å². The van der Waals surface area contributed by atoms with Crippen molar-refractivity contribution >= 4 is 16.0 Å². The van der Waals surface area contributed by atoms with Crippen molar-refractivity contribution in [3.8, 4) is 0 Å². The largest absolute Gasteiger partial charge is 0.469 e. The normalized spacial score (nSPS) is 24.6. The van der Waals surface area contributed by atoms with Gasteiger partial charge in [-0.05, 0) is 31.6 Å². The molecule has 0 aliphatic heterocycles. The zero-order valence-corrected chi connectivity index (χ0v) is 13.0. The van der Waals surface area contributed by atoms with Gasteiger partial charge in [-0.15, -0.1) is 0 Å². The number of nitrogens with one attached hydrogen (secondary N) is 1. The van der Waals surface area contributed by atoms with E-state index in [1.807, 2.05) is 6.92 Å². The molecule has 1 aliphatic carbocycles. The first-order valence-corrected chi connectivity index (χ1v) is 8.64. The van der Waals surface area contributed by atoms with Crippen LogP contribution in [-0.2, 0) is 19.6 Å². The molecular weight excluding hydrogens is 282 g/mol. The van der Waals surface area contributed by atoms with E-state index in [2.05, 4.69) is 9.46 Å². The van der Waals surface area contributed by atoms with Gasteiger partial charge >= 0.3 is 5.97 Å². The second-order valence-corrected chi connectivity index (χ2v) is 7.45. The zero-order valence-electron chi connectivity index (χ0n) is 12.2. The molecule has 3 atom stereocenters. The van der Waals surface area contributed by atoms with Crippen LogP contribution in [0.5, 0.6) is 0 Å². The Labute approximate surface area is 120 Å². The van der Waals surface area contributed by atoms with E-state index in [4.69, 9.17) is 5.11 Å². The molecule has 0 aromatic carbocycles. The van der Waals surface area contributed by atoms with E-state index in [0.29, 0.717) is 25.8 Å². The summed E-state index contributed by atoms with van der Waals surface area (Å²) in [5, 5.41) is 8.22. The minimum atomic E-state index is -3.48. The Morgan fingerprint density at radius 3 is 2.75 bits per heavy atom. The molecule has 1 aliphatic rings. The van der Waals surface area contributed by atoms with E-state index in [9.17, 15) is 13.2 Å². The summed E-state index contributed by atoms with van der Waals surface area (Å²) in [6, 6.07) is 0. The van der Waals surface area contributed by atoms with Gasteiger partial charge in [-0.1, -0.05) is 13.3 Å². The number of aliphatic hydroxyl groups excluding tert-OH is 1. The van der Waals surface area contributed by atoms with Crippen molar-refractivity contribution in [2.75, 3.05) is 20.3 Å². The topological polar surface area (TPSA) is 92.7 Å². The number of rotatable bonds is 8. The Bertz CT molecular complexity index is 409. The highest BCUT2D eigenvalue weighted by Gasteiger charge is 2.41. The number of aliphatic hydroxyl groups is 1. The fraction of sp³-hybridized carbons (Fsp3) is 0.923. The Balaban J connectivity index is 2.49. The van der Waals surface area contributed by atoms with Gasteiger partial charge in [0.25, 0.3) is 0 Å². The van der Waals surface area contributed by atoms with Gasteiger partial charge in [0.05, 0.1) is 18.3 Å². The van der Waals surface area contributed by atoms with Gasteiger partial charge in [0.1, 0.15) is 0 Å². The molecule has 0 saturated heterocycles. The fourth-order valence-electron chi connectivity index (χ4n) is 2.58. The number of esters is 1. The predicted molar refractivity (Wildman–Crippen MR) is 75.6 cm³/mol. The molecule has 1 saturated carbocycles. The minimum absolute atomic E-state index is 0.111. The van der Waals surface area contributed by atoms with Crippen molar-refractivity contribution in [1.29, 1.82) is 0 Å². The lowest BCUT2D eigenvalue weighted by molar-refractivity contribution is -0.145. The molecule has 3 unspecified atom stereocenters. The second kappa shape index (κ2) is 7.95. The molecule has 0 amide bonds. The van der Waals surface area contributed by atoms with Crippen molar-refractivity contribution in [2.45, 2.75) is 44.3 Å². The minimum Gasteiger partial charge on any atom is -0.469 e. The average Bonchev–Trinajstić information content (AvgIpc) is 2.92. The summed E-state index contributed by atoms with van der Waals surface area (Å²) in [7, 11) is -2.20. The molecule has 7 heteroatoms. The summed E-state index contributed by atoms with van der Waals surface area (Å²) in [6.07, 6.45) is 3.25. The lowest BCUT2D eigenvalue weighted by Gasteiger charge is -2.18. The number of sulfonamides is 1. The highest BCUT2D eigenvalue weighted by Crippen LogP contribution is 2.31. The van der Waals surface area contributed by atoms with Crippen LogP contribution in [0.25, 0.3) is 0 Å². The first kappa shape index (κ1) is 17.4. The molecule has 6 nitrogen and oxygen atoms in total.